The average molecular weight is 177 g/mol. The fourth-order valence-electron chi connectivity index (χ4n) is 0.842. The molecule has 0 spiro atoms. The number of benzene rings is 1. The molecule has 0 fully saturated rings. The molecule has 0 aliphatic carbocycles. The molecule has 1 rings (SSSR count). The van der Waals surface area contributed by atoms with Gasteiger partial charge in [-0.3, -0.25) is 0 Å². The fraction of sp³-hybridized carbons (Fsp3) is 0.400. The summed E-state index contributed by atoms with van der Waals surface area (Å²) in [5.74, 6) is 0.931. The van der Waals surface area contributed by atoms with E-state index in [9.17, 15) is 0 Å². The first kappa shape index (κ1) is 11.8. The maximum atomic E-state index is 5.60. The van der Waals surface area contributed by atoms with Crippen molar-refractivity contribution >= 4 is 23.1 Å². The summed E-state index contributed by atoms with van der Waals surface area (Å²) in [6, 6.07) is 9.86. The van der Waals surface area contributed by atoms with Crippen LogP contribution >= 0.6 is 0 Å². The van der Waals surface area contributed by atoms with E-state index in [2.05, 4.69) is 0 Å². The van der Waals surface area contributed by atoms with Crippen LogP contribution in [0.1, 0.15) is 23.6 Å². The van der Waals surface area contributed by atoms with Crippen molar-refractivity contribution in [2.24, 2.45) is 0 Å². The molecule has 0 saturated carbocycles. The Labute approximate surface area is 93.2 Å². The van der Waals surface area contributed by atoms with Crippen molar-refractivity contribution in [2.75, 3.05) is 0 Å². The molecule has 1 aromatic rings. The summed E-state index contributed by atoms with van der Waals surface area (Å²) in [5, 5.41) is 0. The van der Waals surface area contributed by atoms with Gasteiger partial charge in [-0.05, 0) is 32.9 Å². The van der Waals surface area contributed by atoms with Gasteiger partial charge in [-0.2, -0.15) is 0 Å². The molecule has 0 N–H and O–H groups in total. The van der Waals surface area contributed by atoms with Crippen LogP contribution in [-0.2, 0) is 0 Å². The molecule has 0 aromatic heterocycles. The van der Waals surface area contributed by atoms with Gasteiger partial charge in [0.1, 0.15) is 11.4 Å². The van der Waals surface area contributed by atoms with Crippen molar-refractivity contribution in [3.05, 3.63) is 30.3 Å². The molecule has 2 heteroatoms. The van der Waals surface area contributed by atoms with Crippen LogP contribution in [0.25, 0.3) is 0 Å². The quantitative estimate of drug-likeness (QED) is 0.598. The predicted molar refractivity (Wildman–Crippen MR) is 54.8 cm³/mol. The molecule has 0 heterocycles. The van der Waals surface area contributed by atoms with E-state index in [-0.39, 0.29) is 31.5 Å². The molecule has 1 aromatic carbocycles. The van der Waals surface area contributed by atoms with E-state index in [1.165, 1.54) is 0 Å². The topological polar surface area (TPSA) is 9.23 Å². The maximum absolute atomic E-state index is 5.60. The second kappa shape index (κ2) is 4.72. The van der Waals surface area contributed by atoms with Gasteiger partial charge >= 0.3 is 23.1 Å². The fourth-order valence-corrected chi connectivity index (χ4v) is 0.842. The third-order valence-electron chi connectivity index (χ3n) is 1.17. The smallest absolute Gasteiger partial charge is 1.00 e. The number of rotatable bonds is 1. The van der Waals surface area contributed by atoms with Gasteiger partial charge in [-0.15, -0.1) is 0 Å². The van der Waals surface area contributed by atoms with E-state index in [1.54, 1.807) is 0 Å². The molecule has 0 atom stereocenters. The Morgan fingerprint density at radius 3 is 2.00 bits per heavy atom. The summed E-state index contributed by atoms with van der Waals surface area (Å²) in [6.45, 7) is 6.12. The van der Waals surface area contributed by atoms with Crippen molar-refractivity contribution in [1.29, 1.82) is 0 Å². The van der Waals surface area contributed by atoms with Crippen LogP contribution < -0.4 is 4.74 Å². The van der Waals surface area contributed by atoms with E-state index in [0.29, 0.717) is 0 Å². The average Bonchev–Trinajstić information content (AvgIpc) is 1.85. The minimum Gasteiger partial charge on any atom is -1.00 e. The van der Waals surface area contributed by atoms with E-state index in [0.717, 1.165) is 5.75 Å². The van der Waals surface area contributed by atoms with Crippen LogP contribution in [0.3, 0.4) is 0 Å². The van der Waals surface area contributed by atoms with Crippen LogP contribution in [0, 0.1) is 0 Å². The molecule has 0 amide bonds. The Kier molecular flexibility index (Phi) is 4.64. The normalized spacial score (nSPS) is 10.2. The summed E-state index contributed by atoms with van der Waals surface area (Å²) < 4.78 is 5.60. The molecular weight excluding hydrogens is 160 g/mol. The summed E-state index contributed by atoms with van der Waals surface area (Å²) in [7, 11) is 0. The van der Waals surface area contributed by atoms with Gasteiger partial charge in [-0.25, -0.2) is 0 Å². The Hall–Kier alpha value is -0.214. The van der Waals surface area contributed by atoms with Gasteiger partial charge in [0.25, 0.3) is 0 Å². The summed E-state index contributed by atoms with van der Waals surface area (Å²) in [4.78, 5) is 0. The first-order valence-corrected chi connectivity index (χ1v) is 3.82. The summed E-state index contributed by atoms with van der Waals surface area (Å²) >= 11 is 0. The number of ether oxygens (including phenoxy) is 1. The van der Waals surface area contributed by atoms with E-state index in [4.69, 9.17) is 4.74 Å². The van der Waals surface area contributed by atoms with Gasteiger partial charge < -0.3 is 7.59 Å². The zero-order valence-corrected chi connectivity index (χ0v) is 9.42. The molecule has 0 saturated heterocycles. The minimum absolute atomic E-state index is 0. The van der Waals surface area contributed by atoms with Crippen LogP contribution in [-0.4, -0.2) is 28.7 Å². The molecule has 0 aliphatic rings. The van der Waals surface area contributed by atoms with Crippen LogP contribution in [0.2, 0.25) is 0 Å². The Bertz CT molecular complexity index is 221. The second-order valence-corrected chi connectivity index (χ2v) is 3.53. The number of para-hydroxylation sites is 1. The van der Waals surface area contributed by atoms with Crippen LogP contribution in [0.15, 0.2) is 30.3 Å². The largest absolute Gasteiger partial charge is 2.00 e. The number of hydrogen-bond donors (Lipinski definition) is 0. The molecule has 0 radical (unpaired) electrons. The second-order valence-electron chi connectivity index (χ2n) is 3.53. The molecular formula is C10H16MgO. The standard InChI is InChI=1S/C10H14O.Mg.2H/c1-10(2,3)11-9-7-5-4-6-8-9;;;/h4-8H,1-3H3;;;/q;+2;2*-1. The zero-order valence-electron chi connectivity index (χ0n) is 10.0. The van der Waals surface area contributed by atoms with Crippen LogP contribution in [0.4, 0.5) is 0 Å². The van der Waals surface area contributed by atoms with E-state index >= 15 is 0 Å². The summed E-state index contributed by atoms with van der Waals surface area (Å²) in [6.07, 6.45) is 0. The van der Waals surface area contributed by atoms with Gasteiger partial charge in [0.05, 0.1) is 0 Å². The maximum Gasteiger partial charge on any atom is 2.00 e. The molecule has 0 unspecified atom stereocenters. The van der Waals surface area contributed by atoms with E-state index < -0.39 is 0 Å². The van der Waals surface area contributed by atoms with Gasteiger partial charge in [-0.1, -0.05) is 18.2 Å². The van der Waals surface area contributed by atoms with Crippen molar-refractivity contribution in [1.82, 2.24) is 0 Å². The minimum atomic E-state index is -0.0959. The Morgan fingerprint density at radius 1 is 1.08 bits per heavy atom. The molecule has 12 heavy (non-hydrogen) atoms. The van der Waals surface area contributed by atoms with Crippen molar-refractivity contribution in [2.45, 2.75) is 26.4 Å². The third-order valence-corrected chi connectivity index (χ3v) is 1.17. The molecule has 0 bridgehead atoms. The van der Waals surface area contributed by atoms with Gasteiger partial charge in [0.15, 0.2) is 0 Å². The molecule has 1 nitrogen and oxygen atoms in total. The number of hydrogen-bond acceptors (Lipinski definition) is 1. The Morgan fingerprint density at radius 2 is 1.58 bits per heavy atom. The van der Waals surface area contributed by atoms with Crippen molar-refractivity contribution in [3.63, 3.8) is 0 Å². The summed E-state index contributed by atoms with van der Waals surface area (Å²) in [5.41, 5.74) is -0.0959. The first-order valence-electron chi connectivity index (χ1n) is 3.82. The third kappa shape index (κ3) is 4.62. The SMILES string of the molecule is CC(C)(C)Oc1ccccc1.[H-].[H-].[Mg+2]. The van der Waals surface area contributed by atoms with E-state index in [1.807, 2.05) is 51.1 Å². The van der Waals surface area contributed by atoms with Crippen LogP contribution in [0.5, 0.6) is 5.75 Å². The zero-order chi connectivity index (χ0) is 8.32. The van der Waals surface area contributed by atoms with Gasteiger partial charge in [0.2, 0.25) is 0 Å². The predicted octanol–water partition coefficient (Wildman–Crippen LogP) is 2.71. The first-order chi connectivity index (χ1) is 5.08. The van der Waals surface area contributed by atoms with Crippen molar-refractivity contribution in [3.8, 4) is 5.75 Å². The molecule has 64 valence electrons. The van der Waals surface area contributed by atoms with Gasteiger partial charge in [0, 0.05) is 0 Å². The van der Waals surface area contributed by atoms with Crippen molar-refractivity contribution < 1.29 is 7.59 Å². The molecule has 0 aliphatic heterocycles. The Balaban J connectivity index is -0.000000403. The monoisotopic (exact) mass is 176 g/mol.